The molecule has 1 atom stereocenters. The largest absolute Gasteiger partial charge is 0.345 e. The number of thiophene rings is 1. The van der Waals surface area contributed by atoms with Crippen LogP contribution in [0.15, 0.2) is 70.3 Å². The zero-order valence-corrected chi connectivity index (χ0v) is 18.3. The summed E-state index contributed by atoms with van der Waals surface area (Å²) in [4.78, 5) is 12.7. The lowest BCUT2D eigenvalue weighted by molar-refractivity contribution is 0.0935. The van der Waals surface area contributed by atoms with Gasteiger partial charge >= 0.3 is 0 Å². The standard InChI is InChI=1S/C22H24N2O3S2/c1-4-20(19-9-6-5-8-16(19)2)23-22(25)17-11-13-18(14-12-17)24(3)29(26,27)21-10-7-15-28-21/h5-15,20H,4H2,1-3H3,(H,23,25). The molecular weight excluding hydrogens is 404 g/mol. The van der Waals surface area contributed by atoms with E-state index in [1.54, 1.807) is 41.8 Å². The van der Waals surface area contributed by atoms with Gasteiger partial charge in [-0.05, 0) is 60.2 Å². The van der Waals surface area contributed by atoms with Gasteiger partial charge in [-0.1, -0.05) is 37.3 Å². The smallest absolute Gasteiger partial charge is 0.273 e. The van der Waals surface area contributed by atoms with Crippen molar-refractivity contribution in [3.05, 3.63) is 82.7 Å². The highest BCUT2D eigenvalue weighted by Gasteiger charge is 2.22. The molecule has 1 aromatic heterocycles. The zero-order valence-electron chi connectivity index (χ0n) is 16.6. The maximum Gasteiger partial charge on any atom is 0.273 e. The quantitative estimate of drug-likeness (QED) is 0.590. The molecule has 2 aromatic carbocycles. The SMILES string of the molecule is CCC(NC(=O)c1ccc(N(C)S(=O)(=O)c2cccs2)cc1)c1ccccc1C. The number of aryl methyl sites for hydroxylation is 1. The molecule has 1 unspecified atom stereocenters. The van der Waals surface area contributed by atoms with Crippen LogP contribution in [-0.2, 0) is 10.0 Å². The summed E-state index contributed by atoms with van der Waals surface area (Å²) in [6.07, 6.45) is 0.774. The van der Waals surface area contributed by atoms with Gasteiger partial charge in [-0.15, -0.1) is 11.3 Å². The summed E-state index contributed by atoms with van der Waals surface area (Å²) in [5.41, 5.74) is 3.22. The highest BCUT2D eigenvalue weighted by Crippen LogP contribution is 2.26. The number of rotatable bonds is 7. The van der Waals surface area contributed by atoms with Crippen molar-refractivity contribution >= 4 is 33.0 Å². The Labute approximate surface area is 176 Å². The highest BCUT2D eigenvalue weighted by atomic mass is 32.2. The molecule has 0 aliphatic carbocycles. The second-order valence-electron chi connectivity index (χ2n) is 6.74. The van der Waals surface area contributed by atoms with Crippen LogP contribution >= 0.6 is 11.3 Å². The lowest BCUT2D eigenvalue weighted by atomic mass is 9.99. The van der Waals surface area contributed by atoms with Crippen molar-refractivity contribution in [2.24, 2.45) is 0 Å². The van der Waals surface area contributed by atoms with Crippen molar-refractivity contribution in [1.82, 2.24) is 5.32 Å². The fourth-order valence-corrected chi connectivity index (χ4v) is 5.48. The lowest BCUT2D eigenvalue weighted by Crippen LogP contribution is -2.29. The number of carbonyl (C=O) groups is 1. The Morgan fingerprint density at radius 3 is 2.34 bits per heavy atom. The van der Waals surface area contributed by atoms with Crippen LogP contribution in [0.4, 0.5) is 5.69 Å². The number of carbonyl (C=O) groups excluding carboxylic acids is 1. The van der Waals surface area contributed by atoms with Crippen LogP contribution in [0.2, 0.25) is 0 Å². The summed E-state index contributed by atoms with van der Waals surface area (Å²) in [7, 11) is -2.08. The summed E-state index contributed by atoms with van der Waals surface area (Å²) in [6.45, 7) is 4.06. The Balaban J connectivity index is 1.76. The minimum atomic E-state index is -3.59. The van der Waals surface area contributed by atoms with Crippen molar-refractivity contribution in [3.63, 3.8) is 0 Å². The van der Waals surface area contributed by atoms with Crippen LogP contribution in [0.5, 0.6) is 0 Å². The van der Waals surface area contributed by atoms with E-state index in [-0.39, 0.29) is 16.2 Å². The summed E-state index contributed by atoms with van der Waals surface area (Å²) >= 11 is 1.18. The number of nitrogens with zero attached hydrogens (tertiary/aromatic N) is 1. The molecule has 0 fully saturated rings. The Morgan fingerprint density at radius 2 is 1.76 bits per heavy atom. The van der Waals surface area contributed by atoms with Crippen molar-refractivity contribution in [2.75, 3.05) is 11.4 Å². The minimum Gasteiger partial charge on any atom is -0.345 e. The monoisotopic (exact) mass is 428 g/mol. The minimum absolute atomic E-state index is 0.0785. The number of nitrogens with one attached hydrogen (secondary N) is 1. The number of sulfonamides is 1. The molecule has 3 rings (SSSR count). The van der Waals surface area contributed by atoms with Crippen molar-refractivity contribution in [1.29, 1.82) is 0 Å². The van der Waals surface area contributed by atoms with Crippen LogP contribution in [0.3, 0.4) is 0 Å². The molecule has 1 heterocycles. The molecular formula is C22H24N2O3S2. The molecule has 0 saturated carbocycles. The summed E-state index contributed by atoms with van der Waals surface area (Å²) in [6, 6.07) is 17.8. The van der Waals surface area contributed by atoms with E-state index in [4.69, 9.17) is 0 Å². The van der Waals surface area contributed by atoms with Crippen LogP contribution in [0, 0.1) is 6.92 Å². The third-order valence-electron chi connectivity index (χ3n) is 4.88. The fourth-order valence-electron chi connectivity index (χ4n) is 3.13. The van der Waals surface area contributed by atoms with Crippen molar-refractivity contribution < 1.29 is 13.2 Å². The predicted molar refractivity (Wildman–Crippen MR) is 118 cm³/mol. The van der Waals surface area contributed by atoms with Gasteiger partial charge in [0.15, 0.2) is 0 Å². The van der Waals surface area contributed by atoms with Gasteiger partial charge in [0.05, 0.1) is 11.7 Å². The fraction of sp³-hybridized carbons (Fsp3) is 0.227. The molecule has 152 valence electrons. The van der Waals surface area contributed by atoms with E-state index < -0.39 is 10.0 Å². The summed E-state index contributed by atoms with van der Waals surface area (Å²) < 4.78 is 26.8. The van der Waals surface area contributed by atoms with E-state index in [0.29, 0.717) is 11.3 Å². The molecule has 7 heteroatoms. The molecule has 0 saturated heterocycles. The molecule has 0 aliphatic rings. The maximum absolute atomic E-state index is 12.7. The molecule has 1 N–H and O–H groups in total. The topological polar surface area (TPSA) is 66.5 Å². The Kier molecular flexibility index (Phi) is 6.39. The van der Waals surface area contributed by atoms with Gasteiger partial charge in [0.25, 0.3) is 15.9 Å². The van der Waals surface area contributed by atoms with Gasteiger partial charge in [-0.3, -0.25) is 9.10 Å². The molecule has 1 amide bonds. The van der Waals surface area contributed by atoms with Crippen LogP contribution in [0.1, 0.15) is 40.9 Å². The zero-order chi connectivity index (χ0) is 21.0. The molecule has 0 radical (unpaired) electrons. The summed E-state index contributed by atoms with van der Waals surface area (Å²) in [5, 5.41) is 4.80. The molecule has 0 aliphatic heterocycles. The lowest BCUT2D eigenvalue weighted by Gasteiger charge is -2.20. The highest BCUT2D eigenvalue weighted by molar-refractivity contribution is 7.94. The third-order valence-corrected chi connectivity index (χ3v) is 8.04. The first-order valence-corrected chi connectivity index (χ1v) is 11.7. The second-order valence-corrected chi connectivity index (χ2v) is 9.89. The normalized spacial score (nSPS) is 12.4. The number of hydrogen-bond donors (Lipinski definition) is 1. The Hall–Kier alpha value is -2.64. The van der Waals surface area contributed by atoms with Crippen LogP contribution in [0.25, 0.3) is 0 Å². The Bertz CT molecular complexity index is 1080. The van der Waals surface area contributed by atoms with Gasteiger partial charge in [-0.2, -0.15) is 0 Å². The van der Waals surface area contributed by atoms with E-state index in [2.05, 4.69) is 5.32 Å². The van der Waals surface area contributed by atoms with E-state index in [1.165, 1.54) is 22.7 Å². The van der Waals surface area contributed by atoms with E-state index >= 15 is 0 Å². The third kappa shape index (κ3) is 4.52. The molecule has 29 heavy (non-hydrogen) atoms. The van der Waals surface area contributed by atoms with Gasteiger partial charge in [0.1, 0.15) is 4.21 Å². The molecule has 0 spiro atoms. The van der Waals surface area contributed by atoms with Crippen molar-refractivity contribution in [2.45, 2.75) is 30.5 Å². The molecule has 5 nitrogen and oxygen atoms in total. The Morgan fingerprint density at radius 1 is 1.07 bits per heavy atom. The second kappa shape index (κ2) is 8.80. The summed E-state index contributed by atoms with van der Waals surface area (Å²) in [5.74, 6) is -0.185. The van der Waals surface area contributed by atoms with Gasteiger partial charge in [-0.25, -0.2) is 8.42 Å². The predicted octanol–water partition coefficient (Wildman–Crippen LogP) is 4.76. The van der Waals surface area contributed by atoms with Crippen molar-refractivity contribution in [3.8, 4) is 0 Å². The van der Waals surface area contributed by atoms with Gasteiger partial charge in [0.2, 0.25) is 0 Å². The van der Waals surface area contributed by atoms with Gasteiger partial charge in [0, 0.05) is 12.6 Å². The molecule has 0 bridgehead atoms. The van der Waals surface area contributed by atoms with Crippen LogP contribution < -0.4 is 9.62 Å². The average molecular weight is 429 g/mol. The first-order valence-electron chi connectivity index (χ1n) is 9.33. The first kappa shape index (κ1) is 21.1. The number of anilines is 1. The first-order chi connectivity index (χ1) is 13.8. The maximum atomic E-state index is 12.7. The molecule has 3 aromatic rings. The van der Waals surface area contributed by atoms with Gasteiger partial charge < -0.3 is 5.32 Å². The van der Waals surface area contributed by atoms with Crippen LogP contribution in [-0.4, -0.2) is 21.4 Å². The van der Waals surface area contributed by atoms with E-state index in [0.717, 1.165) is 17.5 Å². The number of hydrogen-bond acceptors (Lipinski definition) is 4. The van der Waals surface area contributed by atoms with E-state index in [9.17, 15) is 13.2 Å². The average Bonchev–Trinajstić information content (AvgIpc) is 3.28. The number of benzene rings is 2. The number of amides is 1. The van der Waals surface area contributed by atoms with E-state index in [1.807, 2.05) is 38.1 Å².